The first-order chi connectivity index (χ1) is 9.79. The van der Waals surface area contributed by atoms with E-state index in [9.17, 15) is 4.79 Å². The topological polar surface area (TPSA) is 32.3 Å². The van der Waals surface area contributed by atoms with Gasteiger partial charge in [-0.05, 0) is 32.7 Å². The number of carbonyl (C=O) groups excluding carboxylic acids is 1. The third-order valence-corrected chi connectivity index (χ3v) is 4.38. The Bertz CT molecular complexity index is 253. The van der Waals surface area contributed by atoms with Gasteiger partial charge in [0.15, 0.2) is 0 Å². The molecule has 1 aliphatic rings. The Kier molecular flexibility index (Phi) is 9.73. The van der Waals surface area contributed by atoms with Crippen LogP contribution in [0.25, 0.3) is 0 Å². The number of hydrogen-bond acceptors (Lipinski definition) is 2. The van der Waals surface area contributed by atoms with Crippen LogP contribution < -0.4 is 5.32 Å². The van der Waals surface area contributed by atoms with Crippen molar-refractivity contribution in [1.82, 2.24) is 10.2 Å². The fourth-order valence-electron chi connectivity index (χ4n) is 3.15. The van der Waals surface area contributed by atoms with E-state index in [1.54, 1.807) is 0 Å². The molecule has 0 aromatic rings. The molecule has 20 heavy (non-hydrogen) atoms. The molecule has 0 bridgehead atoms. The van der Waals surface area contributed by atoms with E-state index in [1.165, 1.54) is 57.8 Å². The zero-order valence-electron chi connectivity index (χ0n) is 13.6. The van der Waals surface area contributed by atoms with Gasteiger partial charge in [-0.3, -0.25) is 4.79 Å². The highest BCUT2D eigenvalue weighted by atomic mass is 16.2. The lowest BCUT2D eigenvalue weighted by Crippen LogP contribution is -2.47. The largest absolute Gasteiger partial charge is 0.338 e. The van der Waals surface area contributed by atoms with E-state index in [1.807, 2.05) is 7.05 Å². The molecule has 1 heterocycles. The van der Waals surface area contributed by atoms with Gasteiger partial charge in [0, 0.05) is 25.6 Å². The van der Waals surface area contributed by atoms with E-state index in [4.69, 9.17) is 0 Å². The van der Waals surface area contributed by atoms with Gasteiger partial charge in [0.05, 0.1) is 0 Å². The van der Waals surface area contributed by atoms with E-state index in [0.717, 1.165) is 25.9 Å². The van der Waals surface area contributed by atoms with Gasteiger partial charge in [-0.15, -0.1) is 0 Å². The summed E-state index contributed by atoms with van der Waals surface area (Å²) in [6.07, 6.45) is 13.3. The Balaban J connectivity index is 2.13. The van der Waals surface area contributed by atoms with Gasteiger partial charge >= 0.3 is 0 Å². The number of nitrogens with zero attached hydrogens (tertiary/aromatic N) is 1. The quantitative estimate of drug-likeness (QED) is 0.619. The first kappa shape index (κ1) is 17.5. The van der Waals surface area contributed by atoms with Crippen LogP contribution in [0.4, 0.5) is 0 Å². The van der Waals surface area contributed by atoms with Crippen molar-refractivity contribution < 1.29 is 4.79 Å². The summed E-state index contributed by atoms with van der Waals surface area (Å²) in [6.45, 7) is 4.17. The van der Waals surface area contributed by atoms with Crippen molar-refractivity contribution in [1.29, 1.82) is 0 Å². The van der Waals surface area contributed by atoms with Crippen LogP contribution in [0.3, 0.4) is 0 Å². The predicted octanol–water partition coefficient (Wildman–Crippen LogP) is 3.73. The van der Waals surface area contributed by atoms with Gasteiger partial charge in [-0.2, -0.15) is 0 Å². The molecule has 3 heteroatoms. The number of piperidine rings is 1. The molecular formula is C17H34N2O. The highest BCUT2D eigenvalue weighted by Crippen LogP contribution is 2.18. The summed E-state index contributed by atoms with van der Waals surface area (Å²) < 4.78 is 0. The van der Waals surface area contributed by atoms with Crippen LogP contribution in [0.2, 0.25) is 0 Å². The first-order valence-electron chi connectivity index (χ1n) is 8.73. The third kappa shape index (κ3) is 6.74. The van der Waals surface area contributed by atoms with Crippen molar-refractivity contribution in [2.24, 2.45) is 0 Å². The maximum absolute atomic E-state index is 12.3. The average molecular weight is 282 g/mol. The molecule has 0 saturated carbocycles. The Morgan fingerprint density at radius 2 is 1.80 bits per heavy atom. The normalized spacial score (nSPS) is 19.3. The smallest absolute Gasteiger partial charge is 0.222 e. The molecule has 1 saturated heterocycles. The number of hydrogen-bond donors (Lipinski definition) is 1. The molecule has 0 radical (unpaired) electrons. The maximum Gasteiger partial charge on any atom is 0.222 e. The molecular weight excluding hydrogens is 248 g/mol. The number of likely N-dealkylation sites (tertiary alicyclic amines) is 1. The number of unbranched alkanes of at least 4 members (excludes halogenated alkanes) is 6. The average Bonchev–Trinajstić information content (AvgIpc) is 2.47. The lowest BCUT2D eigenvalue weighted by molar-refractivity contribution is -0.134. The molecule has 3 nitrogen and oxygen atoms in total. The molecule has 1 unspecified atom stereocenters. The van der Waals surface area contributed by atoms with Gasteiger partial charge < -0.3 is 10.2 Å². The van der Waals surface area contributed by atoms with Gasteiger partial charge in [-0.25, -0.2) is 0 Å². The van der Waals surface area contributed by atoms with E-state index in [2.05, 4.69) is 17.1 Å². The van der Waals surface area contributed by atoms with Crippen LogP contribution in [0.1, 0.15) is 77.6 Å². The lowest BCUT2D eigenvalue weighted by atomic mass is 10.0. The Labute approximate surface area is 125 Å². The minimum absolute atomic E-state index is 0.388. The van der Waals surface area contributed by atoms with Gasteiger partial charge in [0.1, 0.15) is 0 Å². The zero-order chi connectivity index (χ0) is 14.6. The Morgan fingerprint density at radius 1 is 1.10 bits per heavy atom. The molecule has 0 spiro atoms. The SMILES string of the molecule is CCCCCCCCCC(=O)N1CCCCC1CNC. The van der Waals surface area contributed by atoms with Gasteiger partial charge in [0.25, 0.3) is 0 Å². The van der Waals surface area contributed by atoms with Gasteiger partial charge in [-0.1, -0.05) is 45.4 Å². The fourth-order valence-corrected chi connectivity index (χ4v) is 3.15. The summed E-state index contributed by atoms with van der Waals surface area (Å²) in [5, 5.41) is 3.22. The van der Waals surface area contributed by atoms with Crippen molar-refractivity contribution in [3.05, 3.63) is 0 Å². The number of nitrogens with one attached hydrogen (secondary N) is 1. The second-order valence-corrected chi connectivity index (χ2v) is 6.17. The van der Waals surface area contributed by atoms with Crippen molar-refractivity contribution in [3.8, 4) is 0 Å². The molecule has 0 aromatic heterocycles. The molecule has 0 aliphatic carbocycles. The second-order valence-electron chi connectivity index (χ2n) is 6.17. The van der Waals surface area contributed by atoms with Crippen molar-refractivity contribution in [2.45, 2.75) is 83.6 Å². The zero-order valence-corrected chi connectivity index (χ0v) is 13.6. The van der Waals surface area contributed by atoms with Crippen LogP contribution in [0, 0.1) is 0 Å². The summed E-state index contributed by atoms with van der Waals surface area (Å²) >= 11 is 0. The Hall–Kier alpha value is -0.570. The fraction of sp³-hybridized carbons (Fsp3) is 0.941. The minimum Gasteiger partial charge on any atom is -0.338 e. The molecule has 1 N–H and O–H groups in total. The molecule has 1 rings (SSSR count). The van der Waals surface area contributed by atoms with E-state index >= 15 is 0 Å². The maximum atomic E-state index is 12.3. The molecule has 0 aromatic carbocycles. The van der Waals surface area contributed by atoms with Crippen LogP contribution in [-0.2, 0) is 4.79 Å². The van der Waals surface area contributed by atoms with E-state index < -0.39 is 0 Å². The van der Waals surface area contributed by atoms with Crippen molar-refractivity contribution >= 4 is 5.91 Å². The van der Waals surface area contributed by atoms with Crippen LogP contribution in [0.5, 0.6) is 0 Å². The monoisotopic (exact) mass is 282 g/mol. The molecule has 118 valence electrons. The van der Waals surface area contributed by atoms with Crippen LogP contribution in [-0.4, -0.2) is 37.0 Å². The first-order valence-corrected chi connectivity index (χ1v) is 8.73. The van der Waals surface area contributed by atoms with Crippen molar-refractivity contribution in [3.63, 3.8) is 0 Å². The molecule has 1 atom stereocenters. The highest BCUT2D eigenvalue weighted by Gasteiger charge is 2.25. The summed E-state index contributed by atoms with van der Waals surface area (Å²) in [4.78, 5) is 14.5. The molecule has 1 aliphatic heterocycles. The summed E-state index contributed by atoms with van der Waals surface area (Å²) in [5.41, 5.74) is 0. The van der Waals surface area contributed by atoms with E-state index in [0.29, 0.717) is 11.9 Å². The van der Waals surface area contributed by atoms with Gasteiger partial charge in [0.2, 0.25) is 5.91 Å². The number of rotatable bonds is 10. The minimum atomic E-state index is 0.388. The van der Waals surface area contributed by atoms with Crippen molar-refractivity contribution in [2.75, 3.05) is 20.1 Å². The number of likely N-dealkylation sites (N-methyl/N-ethyl adjacent to an activating group) is 1. The lowest BCUT2D eigenvalue weighted by Gasteiger charge is -2.36. The molecule has 1 amide bonds. The van der Waals surface area contributed by atoms with Crippen LogP contribution in [0.15, 0.2) is 0 Å². The standard InChI is InChI=1S/C17H34N2O/c1-3-4-5-6-7-8-9-13-17(20)19-14-11-10-12-16(19)15-18-2/h16,18H,3-15H2,1-2H3. The summed E-state index contributed by atoms with van der Waals surface area (Å²) in [7, 11) is 1.98. The Morgan fingerprint density at radius 3 is 2.50 bits per heavy atom. The number of amides is 1. The highest BCUT2D eigenvalue weighted by molar-refractivity contribution is 5.76. The van der Waals surface area contributed by atoms with E-state index in [-0.39, 0.29) is 0 Å². The third-order valence-electron chi connectivity index (χ3n) is 4.38. The predicted molar refractivity (Wildman–Crippen MR) is 85.9 cm³/mol. The number of carbonyl (C=O) groups is 1. The second kappa shape index (κ2) is 11.1. The summed E-state index contributed by atoms with van der Waals surface area (Å²) in [6, 6.07) is 0.436. The van der Waals surface area contributed by atoms with Crippen LogP contribution >= 0.6 is 0 Å². The molecule has 1 fully saturated rings. The summed E-state index contributed by atoms with van der Waals surface area (Å²) in [5.74, 6) is 0.388.